The molecule has 1 amide bonds. The van der Waals surface area contributed by atoms with E-state index in [0.29, 0.717) is 10.6 Å². The predicted octanol–water partition coefficient (Wildman–Crippen LogP) is 2.08. The summed E-state index contributed by atoms with van der Waals surface area (Å²) in [7, 11) is 1.00. The third-order valence-electron chi connectivity index (χ3n) is 2.44. The average Bonchev–Trinajstić information content (AvgIpc) is 2.90. The van der Waals surface area contributed by atoms with E-state index in [1.165, 1.54) is 16.9 Å². The summed E-state index contributed by atoms with van der Waals surface area (Å²) in [5, 5.41) is 7.00. The van der Waals surface area contributed by atoms with Gasteiger partial charge in [0.15, 0.2) is 0 Å². The molecule has 0 spiro atoms. The van der Waals surface area contributed by atoms with Gasteiger partial charge in [-0.3, -0.25) is 4.79 Å². The zero-order valence-corrected chi connectivity index (χ0v) is 11.2. The first kappa shape index (κ1) is 14.3. The highest BCUT2D eigenvalue weighted by atomic mass is 32.1. The molecule has 96 valence electrons. The van der Waals surface area contributed by atoms with Crippen molar-refractivity contribution >= 4 is 17.2 Å². The lowest BCUT2D eigenvalue weighted by Crippen LogP contribution is -2.10. The van der Waals surface area contributed by atoms with Gasteiger partial charge in [0.05, 0.1) is 11.2 Å². The topological polar surface area (TPSA) is 76.2 Å². The van der Waals surface area contributed by atoms with E-state index in [1.54, 1.807) is 5.51 Å². The predicted molar refractivity (Wildman–Crippen MR) is 73.6 cm³/mol. The number of benzene rings is 1. The molecule has 0 radical (unpaired) electrons. The van der Waals surface area contributed by atoms with Gasteiger partial charge < -0.3 is 10.8 Å². The van der Waals surface area contributed by atoms with E-state index in [1.807, 2.05) is 24.3 Å². The minimum atomic E-state index is -0.414. The summed E-state index contributed by atoms with van der Waals surface area (Å²) in [5.41, 5.74) is 9.85. The van der Waals surface area contributed by atoms with Crippen LogP contribution in [0, 0.1) is 0 Å². The summed E-state index contributed by atoms with van der Waals surface area (Å²) in [6.07, 6.45) is 0.909. The number of nitrogens with two attached hydrogens (primary N) is 1. The van der Waals surface area contributed by atoms with Gasteiger partial charge >= 0.3 is 0 Å². The Bertz CT molecular complexity index is 523. The van der Waals surface area contributed by atoms with Gasteiger partial charge in [0, 0.05) is 12.7 Å². The number of rotatable bonds is 3. The molecule has 3 N–H and O–H groups in total. The maximum atomic E-state index is 11.2. The third-order valence-corrected chi connectivity index (χ3v) is 3.29. The van der Waals surface area contributed by atoms with Gasteiger partial charge in [-0.25, -0.2) is 4.98 Å². The van der Waals surface area contributed by atoms with Crippen molar-refractivity contribution in [1.82, 2.24) is 4.98 Å². The summed E-state index contributed by atoms with van der Waals surface area (Å²) in [6.45, 7) is 2.08. The minimum Gasteiger partial charge on any atom is -0.400 e. The molecule has 0 aliphatic rings. The molecule has 0 saturated heterocycles. The van der Waals surface area contributed by atoms with Crippen molar-refractivity contribution in [2.75, 3.05) is 7.11 Å². The summed E-state index contributed by atoms with van der Waals surface area (Å²) in [5.74, 6) is -0.414. The molecule has 1 heterocycles. The number of aliphatic hydroxyl groups is 1. The van der Waals surface area contributed by atoms with Gasteiger partial charge in [-0.2, -0.15) is 0 Å². The van der Waals surface area contributed by atoms with Crippen LogP contribution >= 0.6 is 11.3 Å². The molecule has 5 heteroatoms. The molecular formula is C13H16N2O2S. The smallest absolute Gasteiger partial charge is 0.261 e. The average molecular weight is 264 g/mol. The number of carbonyl (C=O) groups is 1. The Hall–Kier alpha value is -1.72. The Kier molecular flexibility index (Phi) is 5.48. The van der Waals surface area contributed by atoms with Crippen molar-refractivity contribution < 1.29 is 9.90 Å². The number of primary amides is 1. The number of carbonyl (C=O) groups excluding carboxylic acids is 1. The summed E-state index contributed by atoms with van der Waals surface area (Å²) in [4.78, 5) is 16.0. The zero-order valence-electron chi connectivity index (χ0n) is 10.4. The van der Waals surface area contributed by atoms with E-state index < -0.39 is 5.91 Å². The fourth-order valence-electron chi connectivity index (χ4n) is 1.67. The summed E-state index contributed by atoms with van der Waals surface area (Å²) < 4.78 is 0. The minimum absolute atomic E-state index is 0.414. The van der Waals surface area contributed by atoms with Crippen molar-refractivity contribution in [3.8, 4) is 11.3 Å². The molecule has 1 aromatic carbocycles. The molecule has 0 fully saturated rings. The first-order valence-corrected chi connectivity index (χ1v) is 6.38. The van der Waals surface area contributed by atoms with E-state index >= 15 is 0 Å². The van der Waals surface area contributed by atoms with Gasteiger partial charge in [-0.1, -0.05) is 31.2 Å². The van der Waals surface area contributed by atoms with Crippen LogP contribution < -0.4 is 5.73 Å². The second-order valence-corrected chi connectivity index (χ2v) is 4.26. The quantitative estimate of drug-likeness (QED) is 0.891. The standard InChI is InChI=1S/C12H12N2OS.CH4O/c1-2-8-5-3-4-6-9(8)10-11(12(13)15)16-7-14-10;1-2/h3-7H,2H2,1H3,(H2,13,15);2H,1H3. The molecule has 18 heavy (non-hydrogen) atoms. The molecule has 2 aromatic rings. The lowest BCUT2D eigenvalue weighted by Gasteiger charge is -2.05. The first-order chi connectivity index (χ1) is 8.74. The number of hydrogen-bond acceptors (Lipinski definition) is 4. The third kappa shape index (κ3) is 2.94. The van der Waals surface area contributed by atoms with Gasteiger partial charge in [0.1, 0.15) is 4.88 Å². The van der Waals surface area contributed by atoms with Crippen LogP contribution in [0.1, 0.15) is 22.2 Å². The van der Waals surface area contributed by atoms with Crippen LogP contribution in [0.3, 0.4) is 0 Å². The van der Waals surface area contributed by atoms with Crippen LogP contribution in [-0.2, 0) is 6.42 Å². The van der Waals surface area contributed by atoms with Crippen molar-refractivity contribution in [2.24, 2.45) is 5.73 Å². The van der Waals surface area contributed by atoms with Crippen LogP contribution in [-0.4, -0.2) is 23.1 Å². The van der Waals surface area contributed by atoms with E-state index in [9.17, 15) is 4.79 Å². The monoisotopic (exact) mass is 264 g/mol. The van der Waals surface area contributed by atoms with Crippen LogP contribution in [0.4, 0.5) is 0 Å². The second kappa shape index (κ2) is 6.88. The second-order valence-electron chi connectivity index (χ2n) is 3.41. The normalized spacial score (nSPS) is 9.50. The zero-order chi connectivity index (χ0) is 13.5. The largest absolute Gasteiger partial charge is 0.400 e. The fraction of sp³-hybridized carbons (Fsp3) is 0.231. The highest BCUT2D eigenvalue weighted by Gasteiger charge is 2.15. The lowest BCUT2D eigenvalue weighted by molar-refractivity contribution is 0.100. The SMILES string of the molecule is CCc1ccccc1-c1ncsc1C(N)=O.CO. The lowest BCUT2D eigenvalue weighted by atomic mass is 10.0. The van der Waals surface area contributed by atoms with Gasteiger partial charge in [-0.15, -0.1) is 11.3 Å². The number of aryl methyl sites for hydroxylation is 1. The van der Waals surface area contributed by atoms with E-state index in [0.717, 1.165) is 19.1 Å². The number of thiazole rings is 1. The molecule has 0 bridgehead atoms. The molecule has 0 aliphatic heterocycles. The van der Waals surface area contributed by atoms with Crippen molar-refractivity contribution in [3.63, 3.8) is 0 Å². The van der Waals surface area contributed by atoms with E-state index in [-0.39, 0.29) is 0 Å². The highest BCUT2D eigenvalue weighted by molar-refractivity contribution is 7.12. The van der Waals surface area contributed by atoms with Gasteiger partial charge in [0.2, 0.25) is 0 Å². The van der Waals surface area contributed by atoms with Crippen molar-refractivity contribution in [2.45, 2.75) is 13.3 Å². The molecule has 0 unspecified atom stereocenters. The number of hydrogen-bond donors (Lipinski definition) is 2. The first-order valence-electron chi connectivity index (χ1n) is 5.50. The fourth-order valence-corrected chi connectivity index (χ4v) is 2.33. The Morgan fingerprint density at radius 1 is 1.39 bits per heavy atom. The van der Waals surface area contributed by atoms with Crippen LogP contribution in [0.25, 0.3) is 11.3 Å². The Balaban J connectivity index is 0.000000771. The Morgan fingerprint density at radius 2 is 2.06 bits per heavy atom. The number of amides is 1. The van der Waals surface area contributed by atoms with Crippen molar-refractivity contribution in [3.05, 3.63) is 40.2 Å². The number of nitrogens with zero attached hydrogens (tertiary/aromatic N) is 1. The van der Waals surface area contributed by atoms with Crippen LogP contribution in [0.15, 0.2) is 29.8 Å². The molecule has 0 saturated carbocycles. The molecule has 2 rings (SSSR count). The Labute approximate surface area is 110 Å². The van der Waals surface area contributed by atoms with Crippen LogP contribution in [0.5, 0.6) is 0 Å². The molecule has 0 aliphatic carbocycles. The van der Waals surface area contributed by atoms with E-state index in [2.05, 4.69) is 11.9 Å². The maximum absolute atomic E-state index is 11.2. The number of aliphatic hydroxyl groups excluding tert-OH is 1. The maximum Gasteiger partial charge on any atom is 0.261 e. The summed E-state index contributed by atoms with van der Waals surface area (Å²) >= 11 is 1.29. The summed E-state index contributed by atoms with van der Waals surface area (Å²) in [6, 6.07) is 7.94. The molecular weight excluding hydrogens is 248 g/mol. The Morgan fingerprint density at radius 3 is 2.67 bits per heavy atom. The van der Waals surface area contributed by atoms with E-state index in [4.69, 9.17) is 10.8 Å². The van der Waals surface area contributed by atoms with Crippen molar-refractivity contribution in [1.29, 1.82) is 0 Å². The molecule has 1 aromatic heterocycles. The molecule has 4 nitrogen and oxygen atoms in total. The van der Waals surface area contributed by atoms with Gasteiger partial charge in [0.25, 0.3) is 5.91 Å². The van der Waals surface area contributed by atoms with Crippen LogP contribution in [0.2, 0.25) is 0 Å². The number of aromatic nitrogens is 1. The highest BCUT2D eigenvalue weighted by Crippen LogP contribution is 2.28. The van der Waals surface area contributed by atoms with Gasteiger partial charge in [-0.05, 0) is 12.0 Å². The molecule has 0 atom stereocenters.